The van der Waals surface area contributed by atoms with Crippen LogP contribution in [0.25, 0.3) is 0 Å². The molecule has 2 aromatic carbocycles. The highest BCUT2D eigenvalue weighted by molar-refractivity contribution is 7.89. The summed E-state index contributed by atoms with van der Waals surface area (Å²) in [6.07, 6.45) is -0.465. The molecular formula is C15H17O12PS4. The van der Waals surface area contributed by atoms with Crippen molar-refractivity contribution < 1.29 is 51.9 Å². The number of hydrogen-bond donors (Lipinski definition) is 4. The second-order valence-corrected chi connectivity index (χ2v) is 12.8. The summed E-state index contributed by atoms with van der Waals surface area (Å²) in [6, 6.07) is 6.01. The summed E-state index contributed by atoms with van der Waals surface area (Å²) < 4.78 is 131. The molecule has 0 bridgehead atoms. The molecule has 0 aliphatic rings. The summed E-state index contributed by atoms with van der Waals surface area (Å²) in [5.41, 5.74) is -1.46. The Morgan fingerprint density at radius 1 is 0.656 bits per heavy atom. The zero-order chi connectivity index (χ0) is 24.7. The monoisotopic (exact) mass is 548 g/mol. The largest absolute Gasteiger partial charge is 0.296 e. The van der Waals surface area contributed by atoms with E-state index < -0.39 is 65.7 Å². The number of benzene rings is 2. The predicted octanol–water partition coefficient (Wildman–Crippen LogP) is 1.22. The molecule has 2 rings (SSSR count). The summed E-state index contributed by atoms with van der Waals surface area (Å²) >= 11 is 0. The average molecular weight is 549 g/mol. The van der Waals surface area contributed by atoms with Gasteiger partial charge < -0.3 is 0 Å². The summed E-state index contributed by atoms with van der Waals surface area (Å²) in [5, 5.41) is 0. The van der Waals surface area contributed by atoms with E-state index in [0.29, 0.717) is 0 Å². The van der Waals surface area contributed by atoms with Crippen molar-refractivity contribution in [2.24, 2.45) is 0 Å². The van der Waals surface area contributed by atoms with E-state index in [2.05, 4.69) is 9.24 Å². The maximum absolute atomic E-state index is 11.8. The van der Waals surface area contributed by atoms with Gasteiger partial charge in [-0.2, -0.15) is 33.7 Å². The van der Waals surface area contributed by atoms with Gasteiger partial charge in [-0.3, -0.25) is 18.2 Å². The van der Waals surface area contributed by atoms with Crippen LogP contribution in [0.3, 0.4) is 0 Å². The van der Waals surface area contributed by atoms with Gasteiger partial charge in [0.15, 0.2) is 0 Å². The standard InChI is InChI=1S/C15H17O12PS4/c16-29(17,18)12-5-1-3-9(14(12)31(22,23)24)7-8-11(28)10-4-2-6-13(30(19,20)21)15(10)32(25,26)27/h1-6,11H,7-8,28H2,(H,16,17,18)(H,19,20,21)(H,22,23,24)(H,25,26,27). The van der Waals surface area contributed by atoms with Gasteiger partial charge in [0, 0.05) is 5.66 Å². The summed E-state index contributed by atoms with van der Waals surface area (Å²) in [4.78, 5) is -4.28. The van der Waals surface area contributed by atoms with Crippen molar-refractivity contribution in [1.82, 2.24) is 0 Å². The SMILES string of the molecule is O=S(=O)(O)c1cccc(CCC(P)c2cccc(S(=O)(=O)O)c2S(=O)(=O)O)c1S(=O)(=O)O. The molecule has 0 radical (unpaired) electrons. The molecule has 0 spiro atoms. The molecule has 0 saturated heterocycles. The van der Waals surface area contributed by atoms with Gasteiger partial charge in [-0.15, -0.1) is 9.24 Å². The second kappa shape index (κ2) is 9.04. The Morgan fingerprint density at radius 3 is 1.53 bits per heavy atom. The summed E-state index contributed by atoms with van der Waals surface area (Å²) in [7, 11) is -18.2. The van der Waals surface area contributed by atoms with Crippen LogP contribution in [0.15, 0.2) is 56.0 Å². The van der Waals surface area contributed by atoms with E-state index in [1.165, 1.54) is 0 Å². The molecule has 2 unspecified atom stereocenters. The minimum absolute atomic E-state index is 0.167. The van der Waals surface area contributed by atoms with Crippen molar-refractivity contribution in [1.29, 1.82) is 0 Å². The molecule has 0 aliphatic carbocycles. The van der Waals surface area contributed by atoms with Crippen molar-refractivity contribution in [3.8, 4) is 0 Å². The molecule has 0 amide bonds. The summed E-state index contributed by atoms with van der Waals surface area (Å²) in [5.74, 6) is 0. The third kappa shape index (κ3) is 6.09. The van der Waals surface area contributed by atoms with Crippen molar-refractivity contribution in [2.45, 2.75) is 38.1 Å². The molecule has 2 atom stereocenters. The first-order chi connectivity index (χ1) is 14.3. The summed E-state index contributed by atoms with van der Waals surface area (Å²) in [6.45, 7) is 0. The average Bonchev–Trinajstić information content (AvgIpc) is 2.62. The van der Waals surface area contributed by atoms with E-state index in [-0.39, 0.29) is 24.0 Å². The third-order valence-electron chi connectivity index (χ3n) is 4.27. The van der Waals surface area contributed by atoms with Crippen molar-refractivity contribution in [3.05, 3.63) is 47.5 Å². The minimum atomic E-state index is -5.13. The molecule has 0 heterocycles. The van der Waals surface area contributed by atoms with E-state index >= 15 is 0 Å². The quantitative estimate of drug-likeness (QED) is 0.270. The second-order valence-electron chi connectivity index (χ2n) is 6.46. The highest BCUT2D eigenvalue weighted by Gasteiger charge is 2.30. The van der Waals surface area contributed by atoms with Gasteiger partial charge in [-0.25, -0.2) is 0 Å². The molecule has 0 aliphatic heterocycles. The fourth-order valence-electron chi connectivity index (χ4n) is 3.02. The normalized spacial score (nSPS) is 14.3. The lowest BCUT2D eigenvalue weighted by Crippen LogP contribution is -2.13. The lowest BCUT2D eigenvalue weighted by molar-refractivity contribution is 0.464. The van der Waals surface area contributed by atoms with Crippen LogP contribution in [0.4, 0.5) is 0 Å². The van der Waals surface area contributed by atoms with Crippen LogP contribution in [0, 0.1) is 0 Å². The van der Waals surface area contributed by atoms with Crippen LogP contribution in [0.1, 0.15) is 23.2 Å². The first-order valence-electron chi connectivity index (χ1n) is 8.25. The van der Waals surface area contributed by atoms with Gasteiger partial charge in [0.2, 0.25) is 0 Å². The fraction of sp³-hybridized carbons (Fsp3) is 0.200. The minimum Gasteiger partial charge on any atom is -0.282 e. The first-order valence-corrected chi connectivity index (χ1v) is 14.7. The van der Waals surface area contributed by atoms with E-state index in [1.807, 2.05) is 0 Å². The molecule has 0 aromatic heterocycles. The Morgan fingerprint density at radius 2 is 1.09 bits per heavy atom. The first kappa shape index (κ1) is 26.8. The van der Waals surface area contributed by atoms with Gasteiger partial charge in [0.05, 0.1) is 0 Å². The molecule has 12 nitrogen and oxygen atoms in total. The van der Waals surface area contributed by atoms with Crippen molar-refractivity contribution >= 4 is 49.7 Å². The number of hydrogen-bond acceptors (Lipinski definition) is 8. The fourth-order valence-corrected chi connectivity index (χ4v) is 7.74. The van der Waals surface area contributed by atoms with Crippen LogP contribution in [0.5, 0.6) is 0 Å². The molecule has 0 fully saturated rings. The molecular weight excluding hydrogens is 531 g/mol. The Balaban J connectivity index is 2.58. The lowest BCUT2D eigenvalue weighted by Gasteiger charge is -2.18. The van der Waals surface area contributed by atoms with E-state index in [9.17, 15) is 51.9 Å². The molecule has 0 saturated carbocycles. The highest BCUT2D eigenvalue weighted by atomic mass is 32.2. The van der Waals surface area contributed by atoms with Crippen LogP contribution < -0.4 is 0 Å². The van der Waals surface area contributed by atoms with E-state index in [0.717, 1.165) is 36.4 Å². The number of aryl methyl sites for hydroxylation is 1. The maximum atomic E-state index is 11.8. The van der Waals surface area contributed by atoms with Gasteiger partial charge in [0.25, 0.3) is 40.5 Å². The Hall–Kier alpha value is -1.49. The van der Waals surface area contributed by atoms with Gasteiger partial charge in [-0.1, -0.05) is 24.3 Å². The molecule has 17 heteroatoms. The number of rotatable bonds is 8. The van der Waals surface area contributed by atoms with Crippen molar-refractivity contribution in [3.63, 3.8) is 0 Å². The van der Waals surface area contributed by atoms with Crippen molar-refractivity contribution in [2.75, 3.05) is 0 Å². The Bertz CT molecular complexity index is 1480. The van der Waals surface area contributed by atoms with Gasteiger partial charge in [0.1, 0.15) is 19.6 Å². The predicted molar refractivity (Wildman–Crippen MR) is 113 cm³/mol. The lowest BCUT2D eigenvalue weighted by atomic mass is 10.0. The van der Waals surface area contributed by atoms with E-state index in [1.54, 1.807) is 0 Å². The Kier molecular flexibility index (Phi) is 7.56. The molecule has 178 valence electrons. The van der Waals surface area contributed by atoms with Gasteiger partial charge in [-0.05, 0) is 36.1 Å². The molecule has 32 heavy (non-hydrogen) atoms. The zero-order valence-corrected chi connectivity index (χ0v) is 20.1. The highest BCUT2D eigenvalue weighted by Crippen LogP contribution is 2.37. The van der Waals surface area contributed by atoms with Crippen LogP contribution in [0.2, 0.25) is 0 Å². The molecule has 4 N–H and O–H groups in total. The maximum Gasteiger partial charge on any atom is 0.296 e. The van der Waals surface area contributed by atoms with E-state index in [4.69, 9.17) is 0 Å². The smallest absolute Gasteiger partial charge is 0.282 e. The van der Waals surface area contributed by atoms with Crippen LogP contribution in [-0.2, 0) is 46.9 Å². The third-order valence-corrected chi connectivity index (χ3v) is 8.98. The zero-order valence-electron chi connectivity index (χ0n) is 15.7. The molecule has 2 aromatic rings. The van der Waals surface area contributed by atoms with Crippen LogP contribution in [-0.4, -0.2) is 51.9 Å². The van der Waals surface area contributed by atoms with Gasteiger partial charge >= 0.3 is 0 Å². The topological polar surface area (TPSA) is 217 Å². The van der Waals surface area contributed by atoms with Crippen LogP contribution >= 0.6 is 9.24 Å². The Labute approximate surface area is 186 Å².